The summed E-state index contributed by atoms with van der Waals surface area (Å²) in [4.78, 5) is 28.0. The minimum Gasteiger partial charge on any atom is -0.288 e. The molecule has 0 N–H and O–H groups in total. The first-order valence-corrected chi connectivity index (χ1v) is 8.44. The maximum Gasteiger partial charge on any atom is 0.262 e. The summed E-state index contributed by atoms with van der Waals surface area (Å²) in [5.74, 6) is 5.60. The molecule has 2 amide bonds. The Bertz CT molecular complexity index is 872. The molecule has 4 rings (SSSR count). The van der Waals surface area contributed by atoms with Crippen LogP contribution in [-0.2, 0) is 13.0 Å². The number of carbonyl (C=O) groups excluding carboxylic acids is 2. The zero-order chi connectivity index (χ0) is 17.2. The Morgan fingerprint density at radius 1 is 0.800 bits per heavy atom. The average Bonchev–Trinajstić information content (AvgIpc) is 2.90. The smallest absolute Gasteiger partial charge is 0.262 e. The van der Waals surface area contributed by atoms with Gasteiger partial charge in [-0.3, -0.25) is 19.4 Å². The van der Waals surface area contributed by atoms with Crippen LogP contribution in [0.3, 0.4) is 0 Å². The molecule has 4 nitrogen and oxygen atoms in total. The van der Waals surface area contributed by atoms with Gasteiger partial charge in [0.2, 0.25) is 0 Å². The van der Waals surface area contributed by atoms with Crippen molar-refractivity contribution in [3.05, 3.63) is 70.8 Å². The summed E-state index contributed by atoms with van der Waals surface area (Å²) in [6.07, 6.45) is 1.04. The highest BCUT2D eigenvalue weighted by atomic mass is 16.2. The molecule has 2 aliphatic rings. The van der Waals surface area contributed by atoms with E-state index in [0.717, 1.165) is 19.5 Å². The Kier molecular flexibility index (Phi) is 4.09. The Hall–Kier alpha value is -2.90. The maximum atomic E-state index is 12.3. The molecule has 2 aromatic rings. The van der Waals surface area contributed by atoms with Crippen LogP contribution in [0.5, 0.6) is 0 Å². The van der Waals surface area contributed by atoms with Crippen LogP contribution < -0.4 is 0 Å². The number of carbonyl (C=O) groups is 2. The van der Waals surface area contributed by atoms with Gasteiger partial charge in [-0.25, -0.2) is 0 Å². The van der Waals surface area contributed by atoms with E-state index in [2.05, 4.69) is 41.0 Å². The largest absolute Gasteiger partial charge is 0.288 e. The quantitative estimate of drug-likeness (QED) is 0.627. The minimum atomic E-state index is -0.248. The van der Waals surface area contributed by atoms with E-state index in [1.165, 1.54) is 16.0 Å². The lowest BCUT2D eigenvalue weighted by Gasteiger charge is -2.26. The topological polar surface area (TPSA) is 40.6 Å². The molecule has 0 saturated heterocycles. The van der Waals surface area contributed by atoms with Gasteiger partial charge in [-0.05, 0) is 29.7 Å². The number of rotatable bonds is 2. The SMILES string of the molecule is O=C1c2ccccc2C(=O)N1CC#CCN1CCc2ccccc2C1. The zero-order valence-electron chi connectivity index (χ0n) is 13.9. The molecule has 0 atom stereocenters. The van der Waals surface area contributed by atoms with E-state index < -0.39 is 0 Å². The first-order valence-electron chi connectivity index (χ1n) is 8.44. The molecular weight excluding hydrogens is 312 g/mol. The van der Waals surface area contributed by atoms with Gasteiger partial charge in [-0.15, -0.1) is 0 Å². The van der Waals surface area contributed by atoms with E-state index in [9.17, 15) is 9.59 Å². The van der Waals surface area contributed by atoms with Crippen LogP contribution in [0.1, 0.15) is 31.8 Å². The minimum absolute atomic E-state index is 0.150. The second-order valence-electron chi connectivity index (χ2n) is 6.32. The maximum absolute atomic E-state index is 12.3. The predicted molar refractivity (Wildman–Crippen MR) is 95.0 cm³/mol. The van der Waals surface area contributed by atoms with E-state index in [1.54, 1.807) is 24.3 Å². The Balaban J connectivity index is 1.37. The van der Waals surface area contributed by atoms with Crippen molar-refractivity contribution in [2.45, 2.75) is 13.0 Å². The molecule has 124 valence electrons. The summed E-state index contributed by atoms with van der Waals surface area (Å²) < 4.78 is 0. The number of amides is 2. The van der Waals surface area contributed by atoms with Gasteiger partial charge in [-0.2, -0.15) is 0 Å². The average molecular weight is 330 g/mol. The van der Waals surface area contributed by atoms with Crippen molar-refractivity contribution in [1.29, 1.82) is 0 Å². The van der Waals surface area contributed by atoms with Gasteiger partial charge in [0.25, 0.3) is 11.8 Å². The standard InChI is InChI=1S/C21H18N2O2/c24-20-18-9-3-4-10-19(18)21(25)23(20)13-6-5-12-22-14-11-16-7-1-2-8-17(16)15-22/h1-4,7-10H,11-15H2. The molecule has 0 aliphatic carbocycles. The van der Waals surface area contributed by atoms with Gasteiger partial charge < -0.3 is 0 Å². The van der Waals surface area contributed by atoms with Crippen LogP contribution in [-0.4, -0.2) is 41.2 Å². The van der Waals surface area contributed by atoms with Crippen molar-refractivity contribution in [3.8, 4) is 11.8 Å². The second-order valence-corrected chi connectivity index (χ2v) is 6.32. The summed E-state index contributed by atoms with van der Waals surface area (Å²) in [6.45, 7) is 2.69. The van der Waals surface area contributed by atoms with Crippen molar-refractivity contribution >= 4 is 11.8 Å². The van der Waals surface area contributed by atoms with Crippen molar-refractivity contribution in [1.82, 2.24) is 9.80 Å². The highest BCUT2D eigenvalue weighted by molar-refractivity contribution is 6.21. The number of fused-ring (bicyclic) bond motifs is 2. The molecule has 0 unspecified atom stereocenters. The molecule has 0 radical (unpaired) electrons. The van der Waals surface area contributed by atoms with Crippen molar-refractivity contribution in [2.24, 2.45) is 0 Å². The molecular formula is C21H18N2O2. The Labute approximate surface area is 147 Å². The Morgan fingerprint density at radius 3 is 2.12 bits per heavy atom. The molecule has 2 aromatic carbocycles. The van der Waals surface area contributed by atoms with Gasteiger partial charge in [0, 0.05) is 13.1 Å². The van der Waals surface area contributed by atoms with Crippen LogP contribution in [0, 0.1) is 11.8 Å². The van der Waals surface area contributed by atoms with Crippen LogP contribution >= 0.6 is 0 Å². The molecule has 0 aromatic heterocycles. The van der Waals surface area contributed by atoms with Crippen molar-refractivity contribution in [2.75, 3.05) is 19.6 Å². The molecule has 2 heterocycles. The fourth-order valence-corrected chi connectivity index (χ4v) is 3.37. The third kappa shape index (κ3) is 2.95. The van der Waals surface area contributed by atoms with Crippen LogP contribution in [0.2, 0.25) is 0 Å². The summed E-state index contributed by atoms with van der Waals surface area (Å²) in [7, 11) is 0. The summed E-state index contributed by atoms with van der Waals surface area (Å²) in [6, 6.07) is 15.4. The van der Waals surface area contributed by atoms with E-state index >= 15 is 0 Å². The van der Waals surface area contributed by atoms with Gasteiger partial charge in [0.1, 0.15) is 0 Å². The van der Waals surface area contributed by atoms with E-state index in [-0.39, 0.29) is 18.4 Å². The monoisotopic (exact) mass is 330 g/mol. The highest BCUT2D eigenvalue weighted by Gasteiger charge is 2.34. The lowest BCUT2D eigenvalue weighted by molar-refractivity contribution is 0.0675. The number of hydrogen-bond acceptors (Lipinski definition) is 3. The number of hydrogen-bond donors (Lipinski definition) is 0. The summed E-state index contributed by atoms with van der Waals surface area (Å²) in [5.41, 5.74) is 3.72. The third-order valence-electron chi connectivity index (χ3n) is 4.75. The first-order chi connectivity index (χ1) is 12.2. The third-order valence-corrected chi connectivity index (χ3v) is 4.75. The number of nitrogens with zero attached hydrogens (tertiary/aromatic N) is 2. The number of benzene rings is 2. The predicted octanol–water partition coefficient (Wildman–Crippen LogP) is 2.34. The molecule has 2 aliphatic heterocycles. The highest BCUT2D eigenvalue weighted by Crippen LogP contribution is 2.21. The van der Waals surface area contributed by atoms with Crippen molar-refractivity contribution in [3.63, 3.8) is 0 Å². The van der Waals surface area contributed by atoms with Gasteiger partial charge in [0.05, 0.1) is 24.2 Å². The molecule has 0 bridgehead atoms. The first kappa shape index (κ1) is 15.6. The van der Waals surface area contributed by atoms with E-state index in [1.807, 2.05) is 0 Å². The van der Waals surface area contributed by atoms with E-state index in [4.69, 9.17) is 0 Å². The molecule has 25 heavy (non-hydrogen) atoms. The second kappa shape index (κ2) is 6.54. The fraction of sp³-hybridized carbons (Fsp3) is 0.238. The molecule has 0 spiro atoms. The van der Waals surface area contributed by atoms with Crippen molar-refractivity contribution < 1.29 is 9.59 Å². The van der Waals surface area contributed by atoms with Crippen LogP contribution in [0.25, 0.3) is 0 Å². The Morgan fingerprint density at radius 2 is 1.40 bits per heavy atom. The lowest BCUT2D eigenvalue weighted by Crippen LogP contribution is -2.31. The zero-order valence-corrected chi connectivity index (χ0v) is 13.9. The normalized spacial score (nSPS) is 16.2. The van der Waals surface area contributed by atoms with Crippen LogP contribution in [0.15, 0.2) is 48.5 Å². The van der Waals surface area contributed by atoms with Gasteiger partial charge in [-0.1, -0.05) is 48.2 Å². The lowest BCUT2D eigenvalue weighted by atomic mass is 10.0. The summed E-state index contributed by atoms with van der Waals surface area (Å²) >= 11 is 0. The molecule has 4 heteroatoms. The molecule has 0 saturated carbocycles. The van der Waals surface area contributed by atoms with Gasteiger partial charge >= 0.3 is 0 Å². The number of imide groups is 1. The molecule has 0 fully saturated rings. The van der Waals surface area contributed by atoms with Gasteiger partial charge in [0.15, 0.2) is 0 Å². The fourth-order valence-electron chi connectivity index (χ4n) is 3.37. The summed E-state index contributed by atoms with van der Waals surface area (Å²) in [5, 5.41) is 0. The van der Waals surface area contributed by atoms with E-state index in [0.29, 0.717) is 17.7 Å². The van der Waals surface area contributed by atoms with Crippen LogP contribution in [0.4, 0.5) is 0 Å².